The van der Waals surface area contributed by atoms with Crippen molar-refractivity contribution in [3.05, 3.63) is 42.5 Å². The summed E-state index contributed by atoms with van der Waals surface area (Å²) in [5.41, 5.74) is 1.26. The molecule has 3 rings (SSSR count). The van der Waals surface area contributed by atoms with Gasteiger partial charge in [0.25, 0.3) is 0 Å². The first-order valence-electron chi connectivity index (χ1n) is 5.25. The lowest BCUT2D eigenvalue weighted by Gasteiger charge is -2.04. The van der Waals surface area contributed by atoms with Gasteiger partial charge < -0.3 is 9.68 Å². The predicted octanol–water partition coefficient (Wildman–Crippen LogP) is 1.41. The second-order valence-electron chi connectivity index (χ2n) is 3.88. The van der Waals surface area contributed by atoms with E-state index < -0.39 is 9.84 Å². The molecule has 89 valence electrons. The highest BCUT2D eigenvalue weighted by atomic mass is 32.2. The van der Waals surface area contributed by atoms with Gasteiger partial charge >= 0.3 is 7.69 Å². The zero-order chi connectivity index (χ0) is 12.8. The molecule has 4 nitrogen and oxygen atoms in total. The monoisotopic (exact) mass is 259 g/mol. The Morgan fingerprint density at radius 2 is 1.72 bits per heavy atom. The third-order valence-corrected chi connectivity index (χ3v) is 4.77. The molecule has 0 spiro atoms. The molecule has 2 aromatic rings. The maximum absolute atomic E-state index is 12.2. The summed E-state index contributed by atoms with van der Waals surface area (Å²) in [7, 11) is -2.86. The lowest BCUT2D eigenvalue weighted by molar-refractivity contribution is 0.454. The lowest BCUT2D eigenvalue weighted by atomic mass is 10.1. The first kappa shape index (κ1) is 11.3. The molecule has 2 aromatic carbocycles. The van der Waals surface area contributed by atoms with Gasteiger partial charge in [0.15, 0.2) is 0 Å². The normalized spacial score (nSPS) is 14.7. The Kier molecular flexibility index (Phi) is 2.43. The van der Waals surface area contributed by atoms with E-state index in [1.807, 2.05) is 0 Å². The van der Waals surface area contributed by atoms with E-state index in [0.29, 0.717) is 29.5 Å². The highest BCUT2D eigenvalue weighted by Gasteiger charge is 2.32. The number of sulfone groups is 1. The van der Waals surface area contributed by atoms with E-state index in [2.05, 4.69) is 0 Å². The van der Waals surface area contributed by atoms with Crippen LogP contribution in [0.1, 0.15) is 0 Å². The summed E-state index contributed by atoms with van der Waals surface area (Å²) in [6, 6.07) is 11.4. The molecule has 0 saturated carbocycles. The van der Waals surface area contributed by atoms with Crippen LogP contribution >= 0.6 is 0 Å². The molecule has 0 aliphatic carbocycles. The fourth-order valence-corrected chi connectivity index (χ4v) is 3.80. The average Bonchev–Trinajstić information content (AvgIpc) is 2.60. The second-order valence-corrected chi connectivity index (χ2v) is 5.77. The summed E-state index contributed by atoms with van der Waals surface area (Å²) in [6.07, 6.45) is 0. The quantitative estimate of drug-likeness (QED) is 0.706. The number of hydrogen-bond donors (Lipinski definition) is 1. The van der Waals surface area contributed by atoms with Crippen molar-refractivity contribution in [2.24, 2.45) is 0 Å². The SMILES string of the molecule is O=S1(=O)c2ccccc2-c2cc(O[B]O)ccc21. The summed E-state index contributed by atoms with van der Waals surface area (Å²) in [4.78, 5) is 0.583. The second kappa shape index (κ2) is 3.86. The van der Waals surface area contributed by atoms with Crippen LogP contribution in [0.25, 0.3) is 11.1 Å². The Morgan fingerprint density at radius 1 is 1.00 bits per heavy atom. The molecule has 1 heterocycles. The molecule has 18 heavy (non-hydrogen) atoms. The minimum Gasteiger partial charge on any atom is -0.537 e. The predicted molar refractivity (Wildman–Crippen MR) is 65.9 cm³/mol. The maximum Gasteiger partial charge on any atom is 0.569 e. The van der Waals surface area contributed by atoms with Gasteiger partial charge in [-0.3, -0.25) is 0 Å². The fourth-order valence-electron chi connectivity index (χ4n) is 2.13. The van der Waals surface area contributed by atoms with Crippen LogP contribution < -0.4 is 4.65 Å². The zero-order valence-corrected chi connectivity index (χ0v) is 10.0. The third kappa shape index (κ3) is 1.46. The van der Waals surface area contributed by atoms with Crippen molar-refractivity contribution in [2.75, 3.05) is 0 Å². The summed E-state index contributed by atoms with van der Waals surface area (Å²) in [5, 5.41) is 8.60. The van der Waals surface area contributed by atoms with Crippen molar-refractivity contribution in [1.82, 2.24) is 0 Å². The topological polar surface area (TPSA) is 63.6 Å². The largest absolute Gasteiger partial charge is 0.569 e. The average molecular weight is 259 g/mol. The van der Waals surface area contributed by atoms with Gasteiger partial charge in [0.2, 0.25) is 9.84 Å². The molecular formula is C12H8BO4S. The Morgan fingerprint density at radius 3 is 2.50 bits per heavy atom. The summed E-state index contributed by atoms with van der Waals surface area (Å²) in [6.45, 7) is 0. The van der Waals surface area contributed by atoms with Gasteiger partial charge in [0.1, 0.15) is 5.75 Å². The molecule has 0 unspecified atom stereocenters. The maximum atomic E-state index is 12.2. The minimum atomic E-state index is -3.42. The van der Waals surface area contributed by atoms with E-state index >= 15 is 0 Å². The standard InChI is InChI=1S/C12H8BO4S/c14-13-17-8-5-6-12-10(7-8)9-3-1-2-4-11(9)18(12,15)16/h1-7,14H. The molecule has 0 atom stereocenters. The highest BCUT2D eigenvalue weighted by Crippen LogP contribution is 2.44. The van der Waals surface area contributed by atoms with Crippen LogP contribution in [0.3, 0.4) is 0 Å². The number of benzene rings is 2. The fraction of sp³-hybridized carbons (Fsp3) is 0. The van der Waals surface area contributed by atoms with Crippen LogP contribution in [0, 0.1) is 0 Å². The highest BCUT2D eigenvalue weighted by molar-refractivity contribution is 7.92. The van der Waals surface area contributed by atoms with Crippen LogP contribution in [0.5, 0.6) is 5.75 Å². The molecule has 0 saturated heterocycles. The van der Waals surface area contributed by atoms with Gasteiger partial charge in [-0.15, -0.1) is 0 Å². The van der Waals surface area contributed by atoms with Crippen molar-refractivity contribution in [3.8, 4) is 16.9 Å². The number of rotatable bonds is 2. The Labute approximate surface area is 105 Å². The van der Waals surface area contributed by atoms with Gasteiger partial charge in [-0.25, -0.2) is 8.42 Å². The molecule has 0 aromatic heterocycles. The first-order valence-corrected chi connectivity index (χ1v) is 6.74. The van der Waals surface area contributed by atoms with Crippen LogP contribution in [0.15, 0.2) is 52.3 Å². The molecule has 1 N–H and O–H groups in total. The summed E-state index contributed by atoms with van der Waals surface area (Å²) >= 11 is 0. The minimum absolute atomic E-state index is 0.272. The third-order valence-electron chi connectivity index (χ3n) is 2.90. The van der Waals surface area contributed by atoms with Gasteiger partial charge in [-0.05, 0) is 24.3 Å². The van der Waals surface area contributed by atoms with E-state index in [4.69, 9.17) is 9.68 Å². The van der Waals surface area contributed by atoms with Crippen molar-refractivity contribution in [3.63, 3.8) is 0 Å². The Balaban J connectivity index is 2.30. The van der Waals surface area contributed by atoms with Crippen LogP contribution in [0.2, 0.25) is 0 Å². The van der Waals surface area contributed by atoms with Crippen molar-refractivity contribution >= 4 is 17.5 Å². The molecule has 0 bridgehead atoms. The smallest absolute Gasteiger partial charge is 0.537 e. The number of fused-ring (bicyclic) bond motifs is 3. The molecule has 6 heteroatoms. The van der Waals surface area contributed by atoms with Gasteiger partial charge in [-0.1, -0.05) is 18.2 Å². The molecule has 0 amide bonds. The van der Waals surface area contributed by atoms with Crippen LogP contribution in [-0.4, -0.2) is 21.1 Å². The van der Waals surface area contributed by atoms with Gasteiger partial charge in [-0.2, -0.15) is 0 Å². The number of hydrogen-bond acceptors (Lipinski definition) is 4. The summed E-state index contributed by atoms with van der Waals surface area (Å²) < 4.78 is 29.3. The lowest BCUT2D eigenvalue weighted by Crippen LogP contribution is -2.00. The molecule has 0 fully saturated rings. The first-order chi connectivity index (χ1) is 8.64. The van der Waals surface area contributed by atoms with E-state index in [9.17, 15) is 8.42 Å². The molecule has 1 aliphatic rings. The van der Waals surface area contributed by atoms with E-state index in [1.165, 1.54) is 12.1 Å². The van der Waals surface area contributed by atoms with E-state index in [1.54, 1.807) is 30.3 Å². The Hall–Kier alpha value is -1.79. The van der Waals surface area contributed by atoms with E-state index in [-0.39, 0.29) is 4.90 Å². The van der Waals surface area contributed by atoms with Gasteiger partial charge in [0, 0.05) is 11.1 Å². The molecule has 1 radical (unpaired) electrons. The summed E-state index contributed by atoms with van der Waals surface area (Å²) in [5.74, 6) is 0.392. The van der Waals surface area contributed by atoms with Crippen molar-refractivity contribution in [2.45, 2.75) is 9.79 Å². The van der Waals surface area contributed by atoms with Crippen molar-refractivity contribution in [1.29, 1.82) is 0 Å². The van der Waals surface area contributed by atoms with E-state index in [0.717, 1.165) is 0 Å². The van der Waals surface area contributed by atoms with Gasteiger partial charge in [0.05, 0.1) is 9.79 Å². The molecular weight excluding hydrogens is 251 g/mol. The Bertz CT molecular complexity index is 725. The van der Waals surface area contributed by atoms with Crippen molar-refractivity contribution < 1.29 is 18.1 Å². The zero-order valence-electron chi connectivity index (χ0n) is 9.20. The molecule has 1 aliphatic heterocycles. The van der Waals surface area contributed by atoms with Crippen LogP contribution in [-0.2, 0) is 9.84 Å². The van der Waals surface area contributed by atoms with Crippen LogP contribution in [0.4, 0.5) is 0 Å².